The molecule has 1 saturated heterocycles. The fourth-order valence-corrected chi connectivity index (χ4v) is 5.91. The Morgan fingerprint density at radius 2 is 1.82 bits per heavy atom. The predicted octanol–water partition coefficient (Wildman–Crippen LogP) is 4.65. The number of hydrogen-bond acceptors (Lipinski definition) is 11. The summed E-state index contributed by atoms with van der Waals surface area (Å²) in [6.45, 7) is 5.07. The molecule has 0 amide bonds. The predicted molar refractivity (Wildman–Crippen MR) is 161 cm³/mol. The molecule has 4 aromatic rings. The summed E-state index contributed by atoms with van der Waals surface area (Å²) in [7, 11) is 0. The van der Waals surface area contributed by atoms with E-state index in [1.54, 1.807) is 29.3 Å². The van der Waals surface area contributed by atoms with Crippen molar-refractivity contribution in [3.05, 3.63) is 48.1 Å². The number of alkyl halides is 2. The van der Waals surface area contributed by atoms with Crippen LogP contribution in [0.1, 0.15) is 38.6 Å². The zero-order valence-corrected chi connectivity index (χ0v) is 25.6. The van der Waals surface area contributed by atoms with Gasteiger partial charge in [-0.05, 0) is 60.7 Å². The quantitative estimate of drug-likeness (QED) is 0.231. The van der Waals surface area contributed by atoms with E-state index in [9.17, 15) is 8.78 Å². The Hall–Kier alpha value is -3.95. The minimum atomic E-state index is -2.63. The van der Waals surface area contributed by atoms with Crippen LogP contribution in [0.15, 0.2) is 43.1 Å². The van der Waals surface area contributed by atoms with Crippen LogP contribution in [0.4, 0.5) is 20.4 Å². The number of aromatic nitrogens is 8. The number of nitrogens with one attached hydrogen (secondary N) is 1. The molecule has 1 aliphatic carbocycles. The summed E-state index contributed by atoms with van der Waals surface area (Å²) in [5, 5.41) is 19.2. The highest BCUT2D eigenvalue weighted by Gasteiger charge is 2.29. The van der Waals surface area contributed by atoms with Gasteiger partial charge in [-0.25, -0.2) is 23.4 Å². The van der Waals surface area contributed by atoms with Crippen LogP contribution in [-0.4, -0.2) is 96.3 Å². The first-order chi connectivity index (χ1) is 21.9. The maximum atomic E-state index is 13.0. The molecule has 3 aromatic heterocycles. The van der Waals surface area contributed by atoms with Crippen LogP contribution in [0.25, 0.3) is 11.1 Å². The third-order valence-corrected chi connectivity index (χ3v) is 8.29. The first-order valence-corrected chi connectivity index (χ1v) is 15.4. The smallest absolute Gasteiger partial charge is 0.272 e. The zero-order chi connectivity index (χ0) is 31.2. The van der Waals surface area contributed by atoms with Crippen molar-refractivity contribution in [2.45, 2.75) is 63.8 Å². The molecule has 2 aliphatic rings. The van der Waals surface area contributed by atoms with Gasteiger partial charge in [-0.1, -0.05) is 17.7 Å². The second-order valence-corrected chi connectivity index (χ2v) is 11.6. The lowest BCUT2D eigenvalue weighted by Gasteiger charge is -2.38. The van der Waals surface area contributed by atoms with Crippen molar-refractivity contribution in [3.8, 4) is 22.8 Å². The van der Waals surface area contributed by atoms with E-state index in [4.69, 9.17) is 25.8 Å². The number of ether oxygens (including phenoxy) is 3. The van der Waals surface area contributed by atoms with Crippen LogP contribution in [0, 0.1) is 0 Å². The molecular formula is C29H35ClF2N10O3. The van der Waals surface area contributed by atoms with E-state index in [1.165, 1.54) is 6.33 Å². The van der Waals surface area contributed by atoms with Crippen molar-refractivity contribution in [1.29, 1.82) is 0 Å². The van der Waals surface area contributed by atoms with Gasteiger partial charge in [-0.2, -0.15) is 0 Å². The van der Waals surface area contributed by atoms with Gasteiger partial charge < -0.3 is 19.5 Å². The summed E-state index contributed by atoms with van der Waals surface area (Å²) in [4.78, 5) is 11.4. The zero-order valence-electron chi connectivity index (χ0n) is 24.8. The maximum absolute atomic E-state index is 13.0. The van der Waals surface area contributed by atoms with Gasteiger partial charge in [0.15, 0.2) is 6.61 Å². The van der Waals surface area contributed by atoms with Crippen molar-refractivity contribution < 1.29 is 23.0 Å². The number of halogens is 3. The van der Waals surface area contributed by atoms with Crippen LogP contribution in [0.5, 0.6) is 11.6 Å². The van der Waals surface area contributed by atoms with Crippen molar-refractivity contribution >= 4 is 23.2 Å². The largest absolute Gasteiger partial charge is 0.487 e. The van der Waals surface area contributed by atoms with Crippen molar-refractivity contribution in [2.24, 2.45) is 0 Å². The average Bonchev–Trinajstić information content (AvgIpc) is 3.72. The lowest BCUT2D eigenvalue weighted by molar-refractivity contribution is 0.00500. The molecule has 1 saturated carbocycles. The normalized spacial score (nSPS) is 19.8. The van der Waals surface area contributed by atoms with E-state index in [1.807, 2.05) is 23.7 Å². The molecule has 4 heterocycles. The van der Waals surface area contributed by atoms with Gasteiger partial charge in [0.05, 0.1) is 37.0 Å². The summed E-state index contributed by atoms with van der Waals surface area (Å²) in [5.74, 6) is 0.870. The molecule has 1 aliphatic heterocycles. The first-order valence-electron chi connectivity index (χ1n) is 15.0. The molecule has 1 N–H and O–H groups in total. The highest BCUT2D eigenvalue weighted by atomic mass is 35.5. The van der Waals surface area contributed by atoms with Crippen LogP contribution < -0.4 is 14.8 Å². The molecule has 1 atom stereocenters. The van der Waals surface area contributed by atoms with Crippen LogP contribution >= 0.6 is 11.6 Å². The molecule has 13 nitrogen and oxygen atoms in total. The van der Waals surface area contributed by atoms with E-state index in [2.05, 4.69) is 40.8 Å². The molecule has 0 unspecified atom stereocenters. The Bertz CT molecular complexity index is 1510. The van der Waals surface area contributed by atoms with Gasteiger partial charge >= 0.3 is 0 Å². The molecule has 240 valence electrons. The molecule has 16 heteroatoms. The van der Waals surface area contributed by atoms with Gasteiger partial charge in [-0.15, -0.1) is 10.2 Å². The van der Waals surface area contributed by atoms with E-state index < -0.39 is 13.0 Å². The highest BCUT2D eigenvalue weighted by molar-refractivity contribution is 6.32. The summed E-state index contributed by atoms with van der Waals surface area (Å²) in [6, 6.07) is 6.09. The monoisotopic (exact) mass is 644 g/mol. The third kappa shape index (κ3) is 8.02. The van der Waals surface area contributed by atoms with Gasteiger partial charge in [0, 0.05) is 37.1 Å². The summed E-state index contributed by atoms with van der Waals surface area (Å²) >= 11 is 6.40. The van der Waals surface area contributed by atoms with Crippen molar-refractivity contribution in [2.75, 3.05) is 38.2 Å². The lowest BCUT2D eigenvalue weighted by Crippen LogP contribution is -2.45. The minimum Gasteiger partial charge on any atom is -0.487 e. The van der Waals surface area contributed by atoms with E-state index in [0.717, 1.165) is 63.1 Å². The third-order valence-electron chi connectivity index (χ3n) is 7.97. The van der Waals surface area contributed by atoms with Crippen LogP contribution in [0.2, 0.25) is 5.02 Å². The SMILES string of the molecule is C[C@@H](Cn1cnnn1)Oc1cc(-c2cnc(Nc3cn(C4CCC(N5CCOCC5)CC4)nc3OCC(F)F)nc2)ccc1Cl. The molecular weight excluding hydrogens is 610 g/mol. The van der Waals surface area contributed by atoms with Gasteiger partial charge in [0.1, 0.15) is 23.9 Å². The van der Waals surface area contributed by atoms with E-state index in [0.29, 0.717) is 29.0 Å². The lowest BCUT2D eigenvalue weighted by atomic mass is 9.90. The Labute approximate surface area is 263 Å². The van der Waals surface area contributed by atoms with Gasteiger partial charge in [-0.3, -0.25) is 9.58 Å². The summed E-state index contributed by atoms with van der Waals surface area (Å²) < 4.78 is 46.4. The Morgan fingerprint density at radius 3 is 2.53 bits per heavy atom. The van der Waals surface area contributed by atoms with E-state index >= 15 is 0 Å². The van der Waals surface area contributed by atoms with E-state index in [-0.39, 0.29) is 24.0 Å². The number of hydrogen-bond donors (Lipinski definition) is 1. The number of morpholine rings is 1. The average molecular weight is 645 g/mol. The van der Waals surface area contributed by atoms with Crippen LogP contribution in [-0.2, 0) is 11.3 Å². The number of rotatable bonds is 12. The Balaban J connectivity index is 1.12. The van der Waals surface area contributed by atoms with Gasteiger partial charge in [0.2, 0.25) is 5.95 Å². The topological polar surface area (TPSA) is 130 Å². The second-order valence-electron chi connectivity index (χ2n) is 11.2. The van der Waals surface area contributed by atoms with Crippen molar-refractivity contribution in [3.63, 3.8) is 0 Å². The Kier molecular flexibility index (Phi) is 9.96. The molecule has 2 fully saturated rings. The fraction of sp³-hybridized carbons (Fsp3) is 0.517. The summed E-state index contributed by atoms with van der Waals surface area (Å²) in [5.41, 5.74) is 1.96. The molecule has 0 bridgehead atoms. The number of tetrazole rings is 1. The maximum Gasteiger partial charge on any atom is 0.272 e. The number of benzene rings is 1. The molecule has 1 aromatic carbocycles. The minimum absolute atomic E-state index is 0.0913. The Morgan fingerprint density at radius 1 is 1.07 bits per heavy atom. The molecule has 6 rings (SSSR count). The highest BCUT2D eigenvalue weighted by Crippen LogP contribution is 2.35. The van der Waals surface area contributed by atoms with Crippen LogP contribution in [0.3, 0.4) is 0 Å². The van der Waals surface area contributed by atoms with Gasteiger partial charge in [0.25, 0.3) is 12.3 Å². The molecule has 0 spiro atoms. The number of nitrogens with zero attached hydrogens (tertiary/aromatic N) is 9. The standard InChI is InChI=1S/C29H35ClF2N10O3/c1-19(15-41-18-35-38-39-41)45-26-12-20(2-7-24(26)30)21-13-33-29(34-14-21)36-25-16-42(37-28(25)44-17-27(31)32)23-5-3-22(4-6-23)40-8-10-43-11-9-40/h2,7,12-14,16,18-19,22-23,27H,3-6,8-11,15,17H2,1H3,(H,33,34,36)/t19-,22?,23?/m0/s1. The fourth-order valence-electron chi connectivity index (χ4n) is 5.74. The first kappa shape index (κ1) is 31.0. The molecule has 0 radical (unpaired) electrons. The summed E-state index contributed by atoms with van der Waals surface area (Å²) in [6.07, 6.45) is 7.70. The number of anilines is 2. The second kappa shape index (κ2) is 14.4. The van der Waals surface area contributed by atoms with Crippen molar-refractivity contribution in [1.82, 2.24) is 44.9 Å². The molecule has 45 heavy (non-hydrogen) atoms.